The van der Waals surface area contributed by atoms with Crippen LogP contribution in [0, 0.1) is 0 Å². The van der Waals surface area contributed by atoms with Gasteiger partial charge in [0.15, 0.2) is 5.78 Å². The van der Waals surface area contributed by atoms with Crippen molar-refractivity contribution in [3.8, 4) is 0 Å². The number of carbonyl (C=O) groups is 2. The average molecular weight is 396 g/mol. The molecular weight excluding hydrogens is 368 g/mol. The van der Waals surface area contributed by atoms with Crippen molar-refractivity contribution in [3.05, 3.63) is 42.1 Å². The number of benzene rings is 1. The van der Waals surface area contributed by atoms with Crippen LogP contribution in [0.5, 0.6) is 0 Å². The van der Waals surface area contributed by atoms with Crippen LogP contribution in [-0.2, 0) is 4.79 Å². The van der Waals surface area contributed by atoms with Crippen molar-refractivity contribution >= 4 is 29.1 Å². The first-order valence-electron chi connectivity index (χ1n) is 9.76. The first-order chi connectivity index (χ1) is 13.8. The second-order valence-corrected chi connectivity index (χ2v) is 7.43. The Morgan fingerprint density at radius 2 is 1.86 bits per heavy atom. The van der Waals surface area contributed by atoms with E-state index in [0.29, 0.717) is 17.2 Å². The molecular formula is C21H28N6O2. The molecule has 0 aliphatic carbocycles. The van der Waals surface area contributed by atoms with Crippen LogP contribution in [0.25, 0.3) is 0 Å². The molecule has 2 heterocycles. The van der Waals surface area contributed by atoms with E-state index >= 15 is 0 Å². The Morgan fingerprint density at radius 1 is 1.14 bits per heavy atom. The second kappa shape index (κ2) is 9.00. The molecule has 1 amide bonds. The van der Waals surface area contributed by atoms with Crippen molar-refractivity contribution in [1.29, 1.82) is 0 Å². The molecule has 1 N–H and O–H groups in total. The molecule has 2 aromatic rings. The zero-order valence-electron chi connectivity index (χ0n) is 17.4. The monoisotopic (exact) mass is 396 g/mol. The zero-order valence-corrected chi connectivity index (χ0v) is 17.4. The van der Waals surface area contributed by atoms with Gasteiger partial charge in [-0.3, -0.25) is 14.5 Å². The normalized spacial score (nSPS) is 15.7. The Labute approximate surface area is 171 Å². The maximum atomic E-state index is 12.7. The van der Waals surface area contributed by atoms with E-state index in [-0.39, 0.29) is 17.7 Å². The lowest BCUT2D eigenvalue weighted by Gasteiger charge is -2.38. The molecule has 0 unspecified atom stereocenters. The van der Waals surface area contributed by atoms with Crippen LogP contribution in [-0.4, -0.2) is 72.9 Å². The SMILES string of the molecule is CC(=O)c1cccc(NC(=O)[C@H](C)N2CCN(c3ccnc(N(C)C)n3)CC2)c1. The molecule has 1 aliphatic rings. The smallest absolute Gasteiger partial charge is 0.241 e. The Hall–Kier alpha value is -3.00. The highest BCUT2D eigenvalue weighted by Gasteiger charge is 2.26. The van der Waals surface area contributed by atoms with Crippen LogP contribution in [0.2, 0.25) is 0 Å². The van der Waals surface area contributed by atoms with Crippen LogP contribution in [0.4, 0.5) is 17.5 Å². The Morgan fingerprint density at radius 3 is 2.52 bits per heavy atom. The molecule has 1 atom stereocenters. The van der Waals surface area contributed by atoms with Gasteiger partial charge in [0, 0.05) is 57.7 Å². The van der Waals surface area contributed by atoms with E-state index in [1.165, 1.54) is 6.92 Å². The highest BCUT2D eigenvalue weighted by Crippen LogP contribution is 2.18. The largest absolute Gasteiger partial charge is 0.354 e. The lowest BCUT2D eigenvalue weighted by Crippen LogP contribution is -2.53. The molecule has 1 aromatic heterocycles. The number of aromatic nitrogens is 2. The van der Waals surface area contributed by atoms with Crippen molar-refractivity contribution in [2.75, 3.05) is 55.4 Å². The van der Waals surface area contributed by atoms with E-state index < -0.39 is 0 Å². The van der Waals surface area contributed by atoms with E-state index in [0.717, 1.165) is 32.0 Å². The Balaban J connectivity index is 1.57. The predicted molar refractivity (Wildman–Crippen MR) is 115 cm³/mol. The number of Topliss-reactive ketones (excluding diaryl/α,β-unsaturated/α-hetero) is 1. The summed E-state index contributed by atoms with van der Waals surface area (Å²) in [4.78, 5) is 39.3. The summed E-state index contributed by atoms with van der Waals surface area (Å²) in [7, 11) is 3.84. The summed E-state index contributed by atoms with van der Waals surface area (Å²) in [5.74, 6) is 1.50. The fraction of sp³-hybridized carbons (Fsp3) is 0.429. The van der Waals surface area contributed by atoms with Gasteiger partial charge in [-0.15, -0.1) is 0 Å². The number of piperazine rings is 1. The van der Waals surface area contributed by atoms with Crippen molar-refractivity contribution in [2.45, 2.75) is 19.9 Å². The van der Waals surface area contributed by atoms with Gasteiger partial charge >= 0.3 is 0 Å². The van der Waals surface area contributed by atoms with E-state index in [2.05, 4.69) is 25.1 Å². The van der Waals surface area contributed by atoms with Crippen LogP contribution in [0.15, 0.2) is 36.5 Å². The minimum Gasteiger partial charge on any atom is -0.354 e. The van der Waals surface area contributed by atoms with Gasteiger partial charge in [0.05, 0.1) is 6.04 Å². The van der Waals surface area contributed by atoms with E-state index in [1.54, 1.807) is 30.5 Å². The number of ketones is 1. The lowest BCUT2D eigenvalue weighted by atomic mass is 10.1. The Kier molecular flexibility index (Phi) is 6.43. The van der Waals surface area contributed by atoms with Gasteiger partial charge in [0.25, 0.3) is 0 Å². The number of carbonyl (C=O) groups excluding carboxylic acids is 2. The van der Waals surface area contributed by atoms with Crippen molar-refractivity contribution in [3.63, 3.8) is 0 Å². The summed E-state index contributed by atoms with van der Waals surface area (Å²) in [6.45, 7) is 6.55. The van der Waals surface area contributed by atoms with Gasteiger partial charge in [-0.1, -0.05) is 12.1 Å². The number of nitrogens with zero attached hydrogens (tertiary/aromatic N) is 5. The number of rotatable bonds is 6. The van der Waals surface area contributed by atoms with Gasteiger partial charge < -0.3 is 15.1 Å². The van der Waals surface area contributed by atoms with Crippen LogP contribution in [0.1, 0.15) is 24.2 Å². The minimum atomic E-state index is -0.263. The Bertz CT molecular complexity index is 877. The third-order valence-electron chi connectivity index (χ3n) is 5.13. The maximum Gasteiger partial charge on any atom is 0.241 e. The van der Waals surface area contributed by atoms with Crippen molar-refractivity contribution in [1.82, 2.24) is 14.9 Å². The standard InChI is InChI=1S/C21H28N6O2/c1-15(20(29)23-18-7-5-6-17(14-18)16(2)28)26-10-12-27(13-11-26)19-8-9-22-21(24-19)25(3)4/h5-9,14-15H,10-13H2,1-4H3,(H,23,29)/t15-/m0/s1. The zero-order chi connectivity index (χ0) is 21.0. The highest BCUT2D eigenvalue weighted by molar-refractivity contribution is 5.98. The molecule has 0 spiro atoms. The van der Waals surface area contributed by atoms with E-state index in [1.807, 2.05) is 32.0 Å². The van der Waals surface area contributed by atoms with Gasteiger partial charge in [0.2, 0.25) is 11.9 Å². The summed E-state index contributed by atoms with van der Waals surface area (Å²) in [5, 5.41) is 2.92. The first-order valence-corrected chi connectivity index (χ1v) is 9.76. The van der Waals surface area contributed by atoms with Gasteiger partial charge in [-0.2, -0.15) is 4.98 Å². The highest BCUT2D eigenvalue weighted by atomic mass is 16.2. The first kappa shape index (κ1) is 20.7. The van der Waals surface area contributed by atoms with Crippen LogP contribution >= 0.6 is 0 Å². The van der Waals surface area contributed by atoms with E-state index in [9.17, 15) is 9.59 Å². The molecule has 1 aliphatic heterocycles. The average Bonchev–Trinajstić information content (AvgIpc) is 2.73. The van der Waals surface area contributed by atoms with Gasteiger partial charge in [0.1, 0.15) is 5.82 Å². The molecule has 8 nitrogen and oxygen atoms in total. The number of anilines is 3. The second-order valence-electron chi connectivity index (χ2n) is 7.43. The summed E-state index contributed by atoms with van der Waals surface area (Å²) in [5.41, 5.74) is 1.23. The molecule has 0 saturated carbocycles. The lowest BCUT2D eigenvalue weighted by molar-refractivity contribution is -0.120. The molecule has 8 heteroatoms. The molecule has 154 valence electrons. The molecule has 3 rings (SSSR count). The molecule has 1 saturated heterocycles. The van der Waals surface area contributed by atoms with Crippen molar-refractivity contribution in [2.24, 2.45) is 0 Å². The fourth-order valence-electron chi connectivity index (χ4n) is 3.30. The minimum absolute atomic E-state index is 0.0209. The van der Waals surface area contributed by atoms with Crippen molar-refractivity contribution < 1.29 is 9.59 Å². The van der Waals surface area contributed by atoms with E-state index in [4.69, 9.17) is 0 Å². The number of hydrogen-bond donors (Lipinski definition) is 1. The molecule has 1 aromatic carbocycles. The maximum absolute atomic E-state index is 12.7. The number of amides is 1. The van der Waals surface area contributed by atoms with Gasteiger partial charge in [-0.05, 0) is 32.0 Å². The quantitative estimate of drug-likeness (QED) is 0.747. The topological polar surface area (TPSA) is 81.7 Å². The summed E-state index contributed by atoms with van der Waals surface area (Å²) < 4.78 is 0. The third-order valence-corrected chi connectivity index (χ3v) is 5.13. The summed E-state index contributed by atoms with van der Waals surface area (Å²) in [6.07, 6.45) is 1.77. The fourth-order valence-corrected chi connectivity index (χ4v) is 3.30. The van der Waals surface area contributed by atoms with Crippen LogP contribution < -0.4 is 15.1 Å². The molecule has 0 radical (unpaired) electrons. The van der Waals surface area contributed by atoms with Gasteiger partial charge in [-0.25, -0.2) is 4.98 Å². The third kappa shape index (κ3) is 5.08. The summed E-state index contributed by atoms with van der Waals surface area (Å²) in [6, 6.07) is 8.69. The number of hydrogen-bond acceptors (Lipinski definition) is 7. The number of nitrogens with one attached hydrogen (secondary N) is 1. The summed E-state index contributed by atoms with van der Waals surface area (Å²) >= 11 is 0. The van der Waals surface area contributed by atoms with Crippen LogP contribution in [0.3, 0.4) is 0 Å². The molecule has 1 fully saturated rings. The molecule has 0 bridgehead atoms. The predicted octanol–water partition coefficient (Wildman–Crippen LogP) is 1.89. The molecule has 29 heavy (non-hydrogen) atoms.